The molecule has 1 heterocycles. The second kappa shape index (κ2) is 7.07. The number of amides is 3. The van der Waals surface area contributed by atoms with Gasteiger partial charge < -0.3 is 4.90 Å². The molecule has 2 aromatic carbocycles. The number of hydrogen-bond donors (Lipinski definition) is 0. The average molecular weight is 357 g/mol. The third kappa shape index (κ3) is 3.56. The first-order chi connectivity index (χ1) is 12.0. The molecule has 0 unspecified atom stereocenters. The number of halogens is 1. The minimum atomic E-state index is -0.339. The smallest absolute Gasteiger partial charge is 0.261 e. The molecule has 6 heteroatoms. The van der Waals surface area contributed by atoms with E-state index in [4.69, 9.17) is 11.6 Å². The first-order valence-corrected chi connectivity index (χ1v) is 8.29. The molecule has 0 atom stereocenters. The predicted molar refractivity (Wildman–Crippen MR) is 94.4 cm³/mol. The summed E-state index contributed by atoms with van der Waals surface area (Å²) in [4.78, 5) is 39.6. The van der Waals surface area contributed by atoms with E-state index in [1.54, 1.807) is 48.3 Å². The van der Waals surface area contributed by atoms with Crippen molar-refractivity contribution in [3.8, 4) is 0 Å². The van der Waals surface area contributed by atoms with Gasteiger partial charge in [0.25, 0.3) is 11.8 Å². The van der Waals surface area contributed by atoms with Crippen molar-refractivity contribution in [3.05, 3.63) is 70.2 Å². The third-order valence-electron chi connectivity index (χ3n) is 4.19. The van der Waals surface area contributed by atoms with Crippen LogP contribution in [0.3, 0.4) is 0 Å². The normalized spacial score (nSPS) is 13.1. The Morgan fingerprint density at radius 1 is 1.00 bits per heavy atom. The van der Waals surface area contributed by atoms with Gasteiger partial charge in [-0.3, -0.25) is 19.3 Å². The molecule has 3 rings (SSSR count). The molecular formula is C19H17ClN2O3. The fraction of sp³-hybridized carbons (Fsp3) is 0.211. The van der Waals surface area contributed by atoms with Gasteiger partial charge >= 0.3 is 0 Å². The van der Waals surface area contributed by atoms with Crippen LogP contribution in [-0.2, 0) is 11.3 Å². The summed E-state index contributed by atoms with van der Waals surface area (Å²) in [7, 11) is 1.69. The number of benzene rings is 2. The van der Waals surface area contributed by atoms with Crippen LogP contribution in [0.2, 0.25) is 5.02 Å². The number of carbonyl (C=O) groups is 3. The minimum Gasteiger partial charge on any atom is -0.341 e. The van der Waals surface area contributed by atoms with E-state index in [1.807, 2.05) is 12.1 Å². The van der Waals surface area contributed by atoms with Crippen LogP contribution in [0.4, 0.5) is 0 Å². The van der Waals surface area contributed by atoms with E-state index < -0.39 is 0 Å². The Labute approximate surface area is 150 Å². The van der Waals surface area contributed by atoms with Crippen LogP contribution < -0.4 is 0 Å². The van der Waals surface area contributed by atoms with Crippen molar-refractivity contribution in [3.63, 3.8) is 0 Å². The van der Waals surface area contributed by atoms with Crippen LogP contribution in [0.5, 0.6) is 0 Å². The van der Waals surface area contributed by atoms with Gasteiger partial charge in [-0.05, 0) is 29.8 Å². The Morgan fingerprint density at radius 3 is 2.12 bits per heavy atom. The maximum absolute atomic E-state index is 12.3. The fourth-order valence-corrected chi connectivity index (χ4v) is 2.92. The molecule has 3 amide bonds. The van der Waals surface area contributed by atoms with Crippen molar-refractivity contribution in [2.45, 2.75) is 13.0 Å². The van der Waals surface area contributed by atoms with E-state index in [-0.39, 0.29) is 30.7 Å². The molecule has 5 nitrogen and oxygen atoms in total. The summed E-state index contributed by atoms with van der Waals surface area (Å²) in [6.07, 6.45) is 0.0928. The predicted octanol–water partition coefficient (Wildman–Crippen LogP) is 2.98. The van der Waals surface area contributed by atoms with Crippen LogP contribution in [0.25, 0.3) is 0 Å². The lowest BCUT2D eigenvalue weighted by Gasteiger charge is -2.19. The summed E-state index contributed by atoms with van der Waals surface area (Å²) >= 11 is 5.85. The van der Waals surface area contributed by atoms with E-state index in [2.05, 4.69) is 0 Å². The maximum atomic E-state index is 12.3. The number of imide groups is 1. The lowest BCUT2D eigenvalue weighted by atomic mass is 10.1. The number of nitrogens with zero attached hydrogens (tertiary/aromatic N) is 2. The van der Waals surface area contributed by atoms with Gasteiger partial charge in [-0.25, -0.2) is 0 Å². The van der Waals surface area contributed by atoms with Crippen molar-refractivity contribution in [2.75, 3.05) is 13.6 Å². The molecule has 0 N–H and O–H groups in total. The summed E-state index contributed by atoms with van der Waals surface area (Å²) in [6, 6.07) is 14.0. The van der Waals surface area contributed by atoms with Gasteiger partial charge in [-0.2, -0.15) is 0 Å². The van der Waals surface area contributed by atoms with E-state index in [0.29, 0.717) is 22.7 Å². The molecule has 0 bridgehead atoms. The maximum Gasteiger partial charge on any atom is 0.261 e. The Hall–Kier alpha value is -2.66. The SMILES string of the molecule is CN(Cc1ccc(Cl)cc1)C(=O)CCN1C(=O)c2ccccc2C1=O. The van der Waals surface area contributed by atoms with Gasteiger partial charge in [0.05, 0.1) is 11.1 Å². The van der Waals surface area contributed by atoms with Crippen LogP contribution in [0.1, 0.15) is 32.7 Å². The first kappa shape index (κ1) is 17.2. The number of fused-ring (bicyclic) bond motifs is 1. The molecule has 0 saturated heterocycles. The van der Waals surface area contributed by atoms with Gasteiger partial charge in [-0.1, -0.05) is 35.9 Å². The Morgan fingerprint density at radius 2 is 1.56 bits per heavy atom. The Balaban J connectivity index is 1.58. The van der Waals surface area contributed by atoms with Crippen molar-refractivity contribution < 1.29 is 14.4 Å². The lowest BCUT2D eigenvalue weighted by molar-refractivity contribution is -0.130. The molecule has 0 spiro atoms. The van der Waals surface area contributed by atoms with Gasteiger partial charge in [-0.15, -0.1) is 0 Å². The van der Waals surface area contributed by atoms with Crippen molar-refractivity contribution in [1.82, 2.24) is 9.80 Å². The van der Waals surface area contributed by atoms with E-state index in [1.165, 1.54) is 0 Å². The molecule has 128 valence electrons. The average Bonchev–Trinajstić information content (AvgIpc) is 2.86. The Bertz CT molecular complexity index is 798. The summed E-state index contributed by atoms with van der Waals surface area (Å²) in [5.41, 5.74) is 1.75. The van der Waals surface area contributed by atoms with Crippen molar-refractivity contribution in [1.29, 1.82) is 0 Å². The standard InChI is InChI=1S/C19H17ClN2O3/c1-21(12-13-6-8-14(20)9-7-13)17(23)10-11-22-18(24)15-4-2-3-5-16(15)19(22)25/h2-9H,10-12H2,1H3. The number of rotatable bonds is 5. The molecular weight excluding hydrogens is 340 g/mol. The molecule has 0 aliphatic carbocycles. The highest BCUT2D eigenvalue weighted by Crippen LogP contribution is 2.22. The largest absolute Gasteiger partial charge is 0.341 e. The fourth-order valence-electron chi connectivity index (χ4n) is 2.79. The Kier molecular flexibility index (Phi) is 4.86. The molecule has 0 aromatic heterocycles. The number of hydrogen-bond acceptors (Lipinski definition) is 3. The lowest BCUT2D eigenvalue weighted by Crippen LogP contribution is -2.35. The monoisotopic (exact) mass is 356 g/mol. The molecule has 2 aromatic rings. The second-order valence-corrected chi connectivity index (χ2v) is 6.37. The summed E-state index contributed by atoms with van der Waals surface area (Å²) < 4.78 is 0. The highest BCUT2D eigenvalue weighted by Gasteiger charge is 2.35. The summed E-state index contributed by atoms with van der Waals surface area (Å²) in [5.74, 6) is -0.811. The van der Waals surface area contributed by atoms with Crippen LogP contribution in [-0.4, -0.2) is 41.1 Å². The zero-order valence-corrected chi connectivity index (χ0v) is 14.5. The molecule has 1 aliphatic heterocycles. The molecule has 25 heavy (non-hydrogen) atoms. The second-order valence-electron chi connectivity index (χ2n) is 5.93. The highest BCUT2D eigenvalue weighted by atomic mass is 35.5. The van der Waals surface area contributed by atoms with Crippen LogP contribution in [0, 0.1) is 0 Å². The summed E-state index contributed by atoms with van der Waals surface area (Å²) in [6.45, 7) is 0.522. The quantitative estimate of drug-likeness (QED) is 0.774. The molecule has 0 saturated carbocycles. The summed E-state index contributed by atoms with van der Waals surface area (Å²) in [5, 5.41) is 0.642. The van der Waals surface area contributed by atoms with Gasteiger partial charge in [0.1, 0.15) is 0 Å². The van der Waals surface area contributed by atoms with E-state index >= 15 is 0 Å². The molecule has 1 aliphatic rings. The highest BCUT2D eigenvalue weighted by molar-refractivity contribution is 6.30. The molecule has 0 fully saturated rings. The first-order valence-electron chi connectivity index (χ1n) is 7.91. The third-order valence-corrected chi connectivity index (χ3v) is 4.44. The van der Waals surface area contributed by atoms with Crippen molar-refractivity contribution in [2.24, 2.45) is 0 Å². The van der Waals surface area contributed by atoms with Crippen LogP contribution in [0.15, 0.2) is 48.5 Å². The zero-order valence-electron chi connectivity index (χ0n) is 13.7. The zero-order chi connectivity index (χ0) is 18.0. The van der Waals surface area contributed by atoms with Gasteiger partial charge in [0, 0.05) is 31.6 Å². The van der Waals surface area contributed by atoms with Gasteiger partial charge in [0.2, 0.25) is 5.91 Å². The van der Waals surface area contributed by atoms with E-state index in [0.717, 1.165) is 10.5 Å². The number of carbonyl (C=O) groups excluding carboxylic acids is 3. The van der Waals surface area contributed by atoms with E-state index in [9.17, 15) is 14.4 Å². The van der Waals surface area contributed by atoms with Gasteiger partial charge in [0.15, 0.2) is 0 Å². The topological polar surface area (TPSA) is 57.7 Å². The van der Waals surface area contributed by atoms with Crippen LogP contribution >= 0.6 is 11.6 Å². The minimum absolute atomic E-state index is 0.0795. The van der Waals surface area contributed by atoms with Crippen molar-refractivity contribution >= 4 is 29.3 Å². The molecule has 0 radical (unpaired) electrons.